The molecule has 126 valence electrons. The van der Waals surface area contributed by atoms with Crippen molar-refractivity contribution in [3.8, 4) is 0 Å². The minimum atomic E-state index is -0.209. The van der Waals surface area contributed by atoms with Crippen LogP contribution in [0.25, 0.3) is 0 Å². The quantitative estimate of drug-likeness (QED) is 0.654. The highest BCUT2D eigenvalue weighted by Crippen LogP contribution is 2.23. The van der Waals surface area contributed by atoms with Gasteiger partial charge >= 0.3 is 0 Å². The molecule has 2 fully saturated rings. The van der Waals surface area contributed by atoms with E-state index >= 15 is 0 Å². The van der Waals surface area contributed by atoms with Crippen LogP contribution in [0.5, 0.6) is 0 Å². The van der Waals surface area contributed by atoms with Gasteiger partial charge in [-0.1, -0.05) is 18.2 Å². The molecule has 2 saturated heterocycles. The fourth-order valence-electron chi connectivity index (χ4n) is 3.43. The average molecular weight is 316 g/mol. The third-order valence-corrected chi connectivity index (χ3v) is 4.70. The maximum Gasteiger partial charge on any atom is 0.194 e. The summed E-state index contributed by atoms with van der Waals surface area (Å²) in [5, 5.41) is 13.1. The lowest BCUT2D eigenvalue weighted by Gasteiger charge is -2.22. The van der Waals surface area contributed by atoms with Crippen molar-refractivity contribution in [3.63, 3.8) is 0 Å². The highest BCUT2D eigenvalue weighted by Gasteiger charge is 2.25. The summed E-state index contributed by atoms with van der Waals surface area (Å²) < 4.78 is 0. The number of benzene rings is 1. The monoisotopic (exact) mass is 316 g/mol. The Kier molecular flexibility index (Phi) is 5.39. The molecule has 1 aromatic carbocycles. The van der Waals surface area contributed by atoms with E-state index in [0.717, 1.165) is 45.1 Å². The Balaban J connectivity index is 1.56. The minimum absolute atomic E-state index is 0.209. The number of para-hydroxylation sites is 1. The van der Waals surface area contributed by atoms with E-state index in [9.17, 15) is 5.11 Å². The molecule has 1 unspecified atom stereocenters. The molecule has 2 heterocycles. The van der Waals surface area contributed by atoms with E-state index in [4.69, 9.17) is 4.99 Å². The lowest BCUT2D eigenvalue weighted by Crippen LogP contribution is -2.40. The fourth-order valence-corrected chi connectivity index (χ4v) is 3.43. The van der Waals surface area contributed by atoms with Crippen molar-refractivity contribution in [1.29, 1.82) is 0 Å². The maximum atomic E-state index is 9.73. The molecule has 0 radical (unpaired) electrons. The number of anilines is 1. The summed E-state index contributed by atoms with van der Waals surface area (Å²) in [4.78, 5) is 9.46. The smallest absolute Gasteiger partial charge is 0.194 e. The Hall–Kier alpha value is -1.75. The Morgan fingerprint density at radius 1 is 1.22 bits per heavy atom. The normalized spacial score (nSPS) is 25.2. The van der Waals surface area contributed by atoms with Crippen LogP contribution >= 0.6 is 0 Å². The Morgan fingerprint density at radius 2 is 2.04 bits per heavy atom. The second-order valence-corrected chi connectivity index (χ2v) is 6.52. The van der Waals surface area contributed by atoms with Gasteiger partial charge in [-0.05, 0) is 37.8 Å². The van der Waals surface area contributed by atoms with Gasteiger partial charge in [-0.3, -0.25) is 4.99 Å². The van der Waals surface area contributed by atoms with Gasteiger partial charge in [0.15, 0.2) is 5.96 Å². The van der Waals surface area contributed by atoms with Gasteiger partial charge in [-0.2, -0.15) is 0 Å². The van der Waals surface area contributed by atoms with Crippen LogP contribution < -0.4 is 10.2 Å². The van der Waals surface area contributed by atoms with Crippen LogP contribution in [0.4, 0.5) is 5.69 Å². The second kappa shape index (κ2) is 7.68. The first-order valence-corrected chi connectivity index (χ1v) is 8.77. The first kappa shape index (κ1) is 16.1. The van der Waals surface area contributed by atoms with E-state index in [0.29, 0.717) is 12.5 Å². The molecular weight excluding hydrogens is 288 g/mol. The zero-order valence-corrected chi connectivity index (χ0v) is 14.0. The molecule has 2 aliphatic rings. The molecule has 0 aromatic heterocycles. The van der Waals surface area contributed by atoms with Crippen molar-refractivity contribution in [1.82, 2.24) is 10.2 Å². The molecule has 23 heavy (non-hydrogen) atoms. The Bertz CT molecular complexity index is 519. The molecule has 0 aliphatic carbocycles. The van der Waals surface area contributed by atoms with Crippen molar-refractivity contribution in [3.05, 3.63) is 30.3 Å². The molecule has 0 bridgehead atoms. The van der Waals surface area contributed by atoms with Gasteiger partial charge in [0, 0.05) is 45.0 Å². The topological polar surface area (TPSA) is 51.1 Å². The highest BCUT2D eigenvalue weighted by molar-refractivity contribution is 5.80. The number of aliphatic hydroxyl groups is 1. The minimum Gasteiger partial charge on any atom is -0.391 e. The molecule has 3 rings (SSSR count). The first-order valence-electron chi connectivity index (χ1n) is 8.77. The number of aliphatic imine (C=N–C) groups is 1. The first-order chi connectivity index (χ1) is 11.3. The van der Waals surface area contributed by atoms with Crippen molar-refractivity contribution in [2.75, 3.05) is 44.2 Å². The molecule has 1 aromatic rings. The van der Waals surface area contributed by atoms with Crippen LogP contribution in [0.3, 0.4) is 0 Å². The van der Waals surface area contributed by atoms with E-state index in [1.54, 1.807) is 0 Å². The van der Waals surface area contributed by atoms with Gasteiger partial charge < -0.3 is 20.2 Å². The number of aliphatic hydroxyl groups excluding tert-OH is 1. The largest absolute Gasteiger partial charge is 0.391 e. The summed E-state index contributed by atoms with van der Waals surface area (Å²) >= 11 is 0. The summed E-state index contributed by atoms with van der Waals surface area (Å²) in [7, 11) is 0. The van der Waals surface area contributed by atoms with Gasteiger partial charge in [0.1, 0.15) is 0 Å². The third-order valence-electron chi connectivity index (χ3n) is 4.70. The number of guanidine groups is 1. The molecule has 5 nitrogen and oxygen atoms in total. The predicted molar refractivity (Wildman–Crippen MR) is 94.9 cm³/mol. The standard InChI is InChI=1S/C18H28N4O/c1-2-19-18(22-11-9-17(23)14-22)20-12-15-8-10-21(13-15)16-6-4-3-5-7-16/h3-7,15,17,23H,2,8-14H2,1H3,(H,19,20)/t15?,17-/m1/s1. The summed E-state index contributed by atoms with van der Waals surface area (Å²) in [5.41, 5.74) is 1.31. The highest BCUT2D eigenvalue weighted by atomic mass is 16.3. The third kappa shape index (κ3) is 4.16. The molecular formula is C18H28N4O. The van der Waals surface area contributed by atoms with E-state index in [-0.39, 0.29) is 6.10 Å². The zero-order valence-electron chi connectivity index (χ0n) is 14.0. The molecule has 2 aliphatic heterocycles. The number of β-amino-alcohol motifs (C(OH)–C–C–N with tert-alkyl or cyclic N) is 1. The lowest BCUT2D eigenvalue weighted by molar-refractivity contribution is 0.187. The number of likely N-dealkylation sites (tertiary alicyclic amines) is 1. The predicted octanol–water partition coefficient (Wildman–Crippen LogP) is 1.55. The van der Waals surface area contributed by atoms with Gasteiger partial charge in [-0.25, -0.2) is 0 Å². The average Bonchev–Trinajstić information content (AvgIpc) is 3.21. The Labute approximate surface area is 139 Å². The molecule has 0 spiro atoms. The summed E-state index contributed by atoms with van der Waals surface area (Å²) in [6, 6.07) is 10.6. The van der Waals surface area contributed by atoms with E-state index in [1.807, 2.05) is 0 Å². The number of hydrogen-bond donors (Lipinski definition) is 2. The fraction of sp³-hybridized carbons (Fsp3) is 0.611. The van der Waals surface area contributed by atoms with Gasteiger partial charge in [0.05, 0.1) is 6.10 Å². The molecule has 2 N–H and O–H groups in total. The van der Waals surface area contributed by atoms with Gasteiger partial charge in [0.2, 0.25) is 0 Å². The van der Waals surface area contributed by atoms with Crippen molar-refractivity contribution < 1.29 is 5.11 Å². The second-order valence-electron chi connectivity index (χ2n) is 6.52. The zero-order chi connectivity index (χ0) is 16.1. The molecule has 5 heteroatoms. The van der Waals surface area contributed by atoms with Crippen molar-refractivity contribution >= 4 is 11.6 Å². The van der Waals surface area contributed by atoms with Crippen LogP contribution in [-0.2, 0) is 0 Å². The van der Waals surface area contributed by atoms with Gasteiger partial charge in [-0.15, -0.1) is 0 Å². The van der Waals surface area contributed by atoms with Crippen LogP contribution in [0, 0.1) is 5.92 Å². The number of nitrogens with zero attached hydrogens (tertiary/aromatic N) is 3. The molecule has 0 saturated carbocycles. The molecule has 2 atom stereocenters. The van der Waals surface area contributed by atoms with E-state index in [1.165, 1.54) is 12.1 Å². The number of nitrogens with one attached hydrogen (secondary N) is 1. The van der Waals surface area contributed by atoms with Crippen molar-refractivity contribution in [2.24, 2.45) is 10.9 Å². The van der Waals surface area contributed by atoms with E-state index in [2.05, 4.69) is 52.4 Å². The lowest BCUT2D eigenvalue weighted by atomic mass is 10.1. The van der Waals surface area contributed by atoms with E-state index < -0.39 is 0 Å². The van der Waals surface area contributed by atoms with Crippen molar-refractivity contribution in [2.45, 2.75) is 25.9 Å². The number of hydrogen-bond acceptors (Lipinski definition) is 3. The SMILES string of the molecule is CCNC(=NCC1CCN(c2ccccc2)C1)N1CC[C@@H](O)C1. The maximum absolute atomic E-state index is 9.73. The summed E-state index contributed by atoms with van der Waals surface area (Å²) in [6.07, 6.45) is 1.83. The summed E-state index contributed by atoms with van der Waals surface area (Å²) in [5.74, 6) is 1.57. The van der Waals surface area contributed by atoms with Crippen LogP contribution in [-0.4, -0.2) is 61.3 Å². The Morgan fingerprint density at radius 3 is 2.74 bits per heavy atom. The van der Waals surface area contributed by atoms with Crippen LogP contribution in [0.15, 0.2) is 35.3 Å². The van der Waals surface area contributed by atoms with Crippen LogP contribution in [0.1, 0.15) is 19.8 Å². The summed E-state index contributed by atoms with van der Waals surface area (Å²) in [6.45, 7) is 7.61. The number of rotatable bonds is 4. The molecule has 0 amide bonds. The van der Waals surface area contributed by atoms with Crippen LogP contribution in [0.2, 0.25) is 0 Å². The van der Waals surface area contributed by atoms with Gasteiger partial charge in [0.25, 0.3) is 0 Å².